The smallest absolute Gasteiger partial charge is 0.172 e. The molecule has 3 rings (SSSR count). The predicted molar refractivity (Wildman–Crippen MR) is 112 cm³/mol. The zero-order chi connectivity index (χ0) is 18.7. The maximum Gasteiger partial charge on any atom is 0.172 e. The maximum atomic E-state index is 6.20. The summed E-state index contributed by atoms with van der Waals surface area (Å²) in [5, 5.41) is 16.5. The van der Waals surface area contributed by atoms with Crippen LogP contribution < -0.4 is 10.6 Å². The van der Waals surface area contributed by atoms with Crippen LogP contribution in [-0.2, 0) is 20.1 Å². The van der Waals surface area contributed by atoms with Crippen LogP contribution in [0.2, 0.25) is 10.0 Å². The lowest BCUT2D eigenvalue weighted by Crippen LogP contribution is -2.29. The first-order valence-corrected chi connectivity index (χ1v) is 9.57. The molecule has 10 heteroatoms. The SMILES string of the molecule is Cn1ncc(Cl)c1CNC(=S)Nc1nn(Cc2ccccc2Cl)cc1Br. The van der Waals surface area contributed by atoms with Gasteiger partial charge in [-0.15, -0.1) is 0 Å². The average molecular weight is 474 g/mol. The van der Waals surface area contributed by atoms with Gasteiger partial charge in [-0.3, -0.25) is 9.36 Å². The standard InChI is InChI=1S/C16H15BrCl2N6S/c1-24-14(13(19)6-21-24)7-20-16(26)22-15-11(17)9-25(23-15)8-10-4-2-3-5-12(10)18/h2-6,9H,7-8H2,1H3,(H2,20,22,23,26). The molecule has 2 aromatic heterocycles. The van der Waals surface area contributed by atoms with Crippen LogP contribution in [0.5, 0.6) is 0 Å². The number of rotatable bonds is 5. The second kappa shape index (κ2) is 8.39. The normalized spacial score (nSPS) is 10.8. The van der Waals surface area contributed by atoms with E-state index in [1.807, 2.05) is 37.5 Å². The van der Waals surface area contributed by atoms with Crippen molar-refractivity contribution >= 4 is 62.3 Å². The van der Waals surface area contributed by atoms with E-state index in [0.29, 0.717) is 34.1 Å². The molecule has 0 radical (unpaired) electrons. The van der Waals surface area contributed by atoms with Crippen molar-refractivity contribution in [2.45, 2.75) is 13.1 Å². The van der Waals surface area contributed by atoms with Gasteiger partial charge in [0.1, 0.15) is 0 Å². The molecule has 3 aromatic rings. The highest BCUT2D eigenvalue weighted by Gasteiger charge is 2.11. The van der Waals surface area contributed by atoms with Gasteiger partial charge in [-0.2, -0.15) is 10.2 Å². The van der Waals surface area contributed by atoms with Crippen molar-refractivity contribution in [3.8, 4) is 0 Å². The number of nitrogens with one attached hydrogen (secondary N) is 2. The van der Waals surface area contributed by atoms with Crippen LogP contribution in [0.4, 0.5) is 5.82 Å². The zero-order valence-corrected chi connectivity index (χ0v) is 17.6. The molecule has 0 aliphatic heterocycles. The van der Waals surface area contributed by atoms with Crippen molar-refractivity contribution in [3.63, 3.8) is 0 Å². The van der Waals surface area contributed by atoms with E-state index in [1.165, 1.54) is 0 Å². The fourth-order valence-electron chi connectivity index (χ4n) is 2.31. The highest BCUT2D eigenvalue weighted by molar-refractivity contribution is 9.10. The first-order chi connectivity index (χ1) is 12.4. The summed E-state index contributed by atoms with van der Waals surface area (Å²) in [6, 6.07) is 7.67. The fraction of sp³-hybridized carbons (Fsp3) is 0.188. The van der Waals surface area contributed by atoms with Gasteiger partial charge in [0, 0.05) is 18.3 Å². The Bertz CT molecular complexity index is 919. The molecule has 0 amide bonds. The molecular formula is C16H15BrCl2N6S. The van der Waals surface area contributed by atoms with E-state index in [4.69, 9.17) is 35.4 Å². The van der Waals surface area contributed by atoms with Crippen LogP contribution in [-0.4, -0.2) is 24.7 Å². The molecule has 136 valence electrons. The van der Waals surface area contributed by atoms with Gasteiger partial charge in [-0.05, 0) is 39.8 Å². The van der Waals surface area contributed by atoms with Gasteiger partial charge in [0.2, 0.25) is 0 Å². The Hall–Kier alpha value is -1.61. The van der Waals surface area contributed by atoms with E-state index in [0.717, 1.165) is 15.7 Å². The number of hydrogen-bond acceptors (Lipinski definition) is 3. The molecule has 1 aromatic carbocycles. The van der Waals surface area contributed by atoms with Gasteiger partial charge in [0.05, 0.1) is 34.5 Å². The average Bonchev–Trinajstić information content (AvgIpc) is 3.10. The Morgan fingerprint density at radius 1 is 1.27 bits per heavy atom. The van der Waals surface area contributed by atoms with Gasteiger partial charge in [-0.1, -0.05) is 41.4 Å². The Kier molecular flexibility index (Phi) is 6.18. The molecule has 2 heterocycles. The topological polar surface area (TPSA) is 59.7 Å². The van der Waals surface area contributed by atoms with E-state index in [-0.39, 0.29) is 0 Å². The van der Waals surface area contributed by atoms with E-state index >= 15 is 0 Å². The third-order valence-corrected chi connectivity index (χ3v) is 5.18. The Morgan fingerprint density at radius 3 is 2.73 bits per heavy atom. The lowest BCUT2D eigenvalue weighted by molar-refractivity contribution is 0.688. The lowest BCUT2D eigenvalue weighted by atomic mass is 10.2. The predicted octanol–water partition coefficient (Wildman–Crippen LogP) is 4.22. The van der Waals surface area contributed by atoms with Gasteiger partial charge >= 0.3 is 0 Å². The molecule has 0 saturated carbocycles. The van der Waals surface area contributed by atoms with E-state index < -0.39 is 0 Å². The van der Waals surface area contributed by atoms with Crippen molar-refractivity contribution in [3.05, 3.63) is 62.4 Å². The van der Waals surface area contributed by atoms with Crippen LogP contribution in [0.15, 0.2) is 41.1 Å². The largest absolute Gasteiger partial charge is 0.357 e. The third kappa shape index (κ3) is 4.56. The number of benzene rings is 1. The molecule has 26 heavy (non-hydrogen) atoms. The van der Waals surface area contributed by atoms with Crippen LogP contribution in [0.1, 0.15) is 11.3 Å². The summed E-state index contributed by atoms with van der Waals surface area (Å²) >= 11 is 21.1. The minimum absolute atomic E-state index is 0.436. The molecule has 2 N–H and O–H groups in total. The molecule has 0 bridgehead atoms. The van der Waals surface area contributed by atoms with E-state index in [9.17, 15) is 0 Å². The number of halogens is 3. The quantitative estimate of drug-likeness (QED) is 0.543. The van der Waals surface area contributed by atoms with E-state index in [2.05, 4.69) is 36.8 Å². The number of aromatic nitrogens is 4. The number of aryl methyl sites for hydroxylation is 1. The van der Waals surface area contributed by atoms with E-state index in [1.54, 1.807) is 15.6 Å². The number of nitrogens with zero attached hydrogens (tertiary/aromatic N) is 4. The molecule has 0 fully saturated rings. The van der Waals surface area contributed by atoms with Crippen molar-refractivity contribution in [1.29, 1.82) is 0 Å². The molecule has 0 saturated heterocycles. The molecule has 0 spiro atoms. The molecule has 0 aliphatic rings. The first-order valence-electron chi connectivity index (χ1n) is 7.61. The van der Waals surface area contributed by atoms with Crippen LogP contribution in [0.25, 0.3) is 0 Å². The summed E-state index contributed by atoms with van der Waals surface area (Å²) in [7, 11) is 1.83. The lowest BCUT2D eigenvalue weighted by Gasteiger charge is -2.09. The molecule has 0 unspecified atom stereocenters. The zero-order valence-electron chi connectivity index (χ0n) is 13.7. The maximum absolute atomic E-state index is 6.20. The van der Waals surface area contributed by atoms with Crippen molar-refractivity contribution in [2.24, 2.45) is 7.05 Å². The highest BCUT2D eigenvalue weighted by atomic mass is 79.9. The van der Waals surface area contributed by atoms with Crippen molar-refractivity contribution in [2.75, 3.05) is 5.32 Å². The highest BCUT2D eigenvalue weighted by Crippen LogP contribution is 2.22. The van der Waals surface area contributed by atoms with Crippen LogP contribution in [0.3, 0.4) is 0 Å². The van der Waals surface area contributed by atoms with Crippen molar-refractivity contribution in [1.82, 2.24) is 24.9 Å². The summed E-state index contributed by atoms with van der Waals surface area (Å²) in [4.78, 5) is 0. The number of hydrogen-bond donors (Lipinski definition) is 2. The minimum Gasteiger partial charge on any atom is -0.357 e. The van der Waals surface area contributed by atoms with Crippen molar-refractivity contribution < 1.29 is 0 Å². The Labute approximate surface area is 174 Å². The summed E-state index contributed by atoms with van der Waals surface area (Å²) in [6.07, 6.45) is 3.47. The Balaban J connectivity index is 1.62. The van der Waals surface area contributed by atoms with Crippen LogP contribution in [0, 0.1) is 0 Å². The minimum atomic E-state index is 0.436. The van der Waals surface area contributed by atoms with Gasteiger partial charge in [0.25, 0.3) is 0 Å². The number of thiocarbonyl (C=S) groups is 1. The van der Waals surface area contributed by atoms with Gasteiger partial charge in [-0.25, -0.2) is 0 Å². The third-order valence-electron chi connectivity index (χ3n) is 3.67. The van der Waals surface area contributed by atoms with Gasteiger partial charge in [0.15, 0.2) is 10.9 Å². The number of anilines is 1. The fourth-order valence-corrected chi connectivity index (χ4v) is 3.33. The molecule has 6 nitrogen and oxygen atoms in total. The summed E-state index contributed by atoms with van der Waals surface area (Å²) in [6.45, 7) is 1.02. The summed E-state index contributed by atoms with van der Waals surface area (Å²) < 4.78 is 4.28. The molecule has 0 atom stereocenters. The van der Waals surface area contributed by atoms with Crippen LogP contribution >= 0.6 is 51.3 Å². The Morgan fingerprint density at radius 2 is 2.04 bits per heavy atom. The summed E-state index contributed by atoms with van der Waals surface area (Å²) in [5.41, 5.74) is 1.83. The molecule has 0 aliphatic carbocycles. The second-order valence-corrected chi connectivity index (χ2v) is 7.56. The monoisotopic (exact) mass is 472 g/mol. The first kappa shape index (κ1) is 19.2. The van der Waals surface area contributed by atoms with Gasteiger partial charge < -0.3 is 10.6 Å². The molecular weight excluding hydrogens is 459 g/mol. The second-order valence-electron chi connectivity index (χ2n) is 5.49. The summed E-state index contributed by atoms with van der Waals surface area (Å²) in [5.74, 6) is 0.616.